The van der Waals surface area contributed by atoms with Crippen LogP contribution in [0.2, 0.25) is 0 Å². The summed E-state index contributed by atoms with van der Waals surface area (Å²) in [6.45, 7) is 2.51. The average molecular weight is 382 g/mol. The van der Waals surface area contributed by atoms with E-state index in [2.05, 4.69) is 33.0 Å². The van der Waals surface area contributed by atoms with Crippen molar-refractivity contribution in [1.29, 1.82) is 0 Å². The Morgan fingerprint density at radius 3 is 2.32 bits per heavy atom. The van der Waals surface area contributed by atoms with Crippen LogP contribution in [0.25, 0.3) is 0 Å². The van der Waals surface area contributed by atoms with Gasteiger partial charge in [-0.25, -0.2) is 0 Å². The van der Waals surface area contributed by atoms with Gasteiger partial charge in [-0.2, -0.15) is 0 Å². The van der Waals surface area contributed by atoms with Gasteiger partial charge in [-0.1, -0.05) is 6.42 Å². The molecule has 5 aliphatic rings. The molecule has 2 heterocycles. The Labute approximate surface area is 145 Å². The molecule has 2 nitrogen and oxygen atoms in total. The molecule has 2 unspecified atom stereocenters. The van der Waals surface area contributed by atoms with Crippen molar-refractivity contribution in [2.45, 2.75) is 49.7 Å². The number of rotatable bonds is 3. The van der Waals surface area contributed by atoms with Gasteiger partial charge in [0.2, 0.25) is 0 Å². The summed E-state index contributed by atoms with van der Waals surface area (Å²) in [6, 6.07) is 4.50. The van der Waals surface area contributed by atoms with Gasteiger partial charge in [-0.05, 0) is 66.1 Å². The van der Waals surface area contributed by atoms with Crippen molar-refractivity contribution in [3.05, 3.63) is 20.8 Å². The van der Waals surface area contributed by atoms with Gasteiger partial charge in [0.15, 0.2) is 0 Å². The van der Waals surface area contributed by atoms with Gasteiger partial charge in [0.25, 0.3) is 0 Å². The molecule has 2 atom stereocenters. The first-order valence-electron chi connectivity index (χ1n) is 8.72. The summed E-state index contributed by atoms with van der Waals surface area (Å²) in [5.74, 6) is 2.41. The van der Waals surface area contributed by atoms with E-state index >= 15 is 0 Å². The van der Waals surface area contributed by atoms with E-state index in [0.29, 0.717) is 17.4 Å². The van der Waals surface area contributed by atoms with E-state index in [1.165, 1.54) is 60.3 Å². The Kier molecular flexibility index (Phi) is 3.16. The Morgan fingerprint density at radius 2 is 1.86 bits per heavy atom. The van der Waals surface area contributed by atoms with Crippen LogP contribution in [-0.2, 0) is 10.3 Å². The number of hydrogen-bond acceptors (Lipinski definition) is 3. The summed E-state index contributed by atoms with van der Waals surface area (Å²) in [5.41, 5.74) is 0.601. The summed E-state index contributed by atoms with van der Waals surface area (Å²) in [5, 5.41) is 0. The third-order valence-electron chi connectivity index (χ3n) is 7.17. The number of piperidine rings is 1. The van der Waals surface area contributed by atoms with Gasteiger partial charge in [-0.15, -0.1) is 11.3 Å². The van der Waals surface area contributed by atoms with E-state index in [4.69, 9.17) is 4.74 Å². The van der Waals surface area contributed by atoms with E-state index in [9.17, 15) is 0 Å². The van der Waals surface area contributed by atoms with Crippen molar-refractivity contribution in [2.75, 3.05) is 20.2 Å². The summed E-state index contributed by atoms with van der Waals surface area (Å²) in [7, 11) is 1.95. The lowest BCUT2D eigenvalue weighted by Crippen LogP contribution is -2.73. The molecule has 5 fully saturated rings. The molecule has 0 aromatic carbocycles. The minimum atomic E-state index is -0.0189. The lowest BCUT2D eigenvalue weighted by atomic mass is 9.48. The number of methoxy groups -OCH3 is 1. The maximum atomic E-state index is 6.33. The maximum absolute atomic E-state index is 6.33. The molecule has 0 N–H and O–H groups in total. The summed E-state index contributed by atoms with van der Waals surface area (Å²) < 4.78 is 7.57. The predicted molar refractivity (Wildman–Crippen MR) is 93.2 cm³/mol. The van der Waals surface area contributed by atoms with Gasteiger partial charge in [0.1, 0.15) is 5.60 Å². The van der Waals surface area contributed by atoms with Crippen LogP contribution in [0.1, 0.15) is 43.4 Å². The van der Waals surface area contributed by atoms with Crippen molar-refractivity contribution in [3.63, 3.8) is 0 Å². The number of halogens is 1. The molecule has 6 rings (SSSR count). The molecule has 0 spiro atoms. The Morgan fingerprint density at radius 1 is 1.18 bits per heavy atom. The number of thiophene rings is 1. The molecule has 4 bridgehead atoms. The fourth-order valence-electron chi connectivity index (χ4n) is 6.00. The van der Waals surface area contributed by atoms with Crippen molar-refractivity contribution in [1.82, 2.24) is 4.90 Å². The Hall–Kier alpha value is 0.1000. The van der Waals surface area contributed by atoms with Gasteiger partial charge in [-0.3, -0.25) is 4.90 Å². The number of fused-ring (bicyclic) bond motifs is 2. The van der Waals surface area contributed by atoms with Gasteiger partial charge < -0.3 is 4.74 Å². The molecule has 1 aromatic heterocycles. The second-order valence-corrected chi connectivity index (χ2v) is 10.5. The summed E-state index contributed by atoms with van der Waals surface area (Å²) in [4.78, 5) is 4.33. The van der Waals surface area contributed by atoms with E-state index in [1.807, 2.05) is 18.4 Å². The van der Waals surface area contributed by atoms with Crippen LogP contribution in [0.3, 0.4) is 0 Å². The van der Waals surface area contributed by atoms with E-state index in [1.54, 1.807) is 0 Å². The van der Waals surface area contributed by atoms with Crippen molar-refractivity contribution in [2.24, 2.45) is 17.8 Å². The molecule has 1 aliphatic heterocycles. The fourth-order valence-corrected chi connectivity index (χ4v) is 7.71. The van der Waals surface area contributed by atoms with Gasteiger partial charge in [0, 0.05) is 42.5 Å². The molecule has 0 radical (unpaired) electrons. The van der Waals surface area contributed by atoms with Gasteiger partial charge >= 0.3 is 0 Å². The molecule has 120 valence electrons. The number of likely N-dealkylation sites (tertiary alicyclic amines) is 1. The van der Waals surface area contributed by atoms with Crippen molar-refractivity contribution in [3.8, 4) is 0 Å². The average Bonchev–Trinajstić information content (AvgIpc) is 2.81. The molecule has 1 aromatic rings. The van der Waals surface area contributed by atoms with E-state index in [-0.39, 0.29) is 5.60 Å². The normalized spacial score (nSPS) is 46.9. The molecule has 0 amide bonds. The first-order chi connectivity index (χ1) is 10.7. The molecule has 4 saturated carbocycles. The molecular formula is C18H24BrNOS. The summed E-state index contributed by atoms with van der Waals surface area (Å²) >= 11 is 5.54. The maximum Gasteiger partial charge on any atom is 0.110 e. The van der Waals surface area contributed by atoms with Crippen LogP contribution >= 0.6 is 27.3 Å². The smallest absolute Gasteiger partial charge is 0.110 e. The number of nitrogens with zero attached hydrogens (tertiary/aromatic N) is 1. The van der Waals surface area contributed by atoms with Crippen LogP contribution in [-0.4, -0.2) is 30.6 Å². The topological polar surface area (TPSA) is 12.5 Å². The van der Waals surface area contributed by atoms with Gasteiger partial charge in [0.05, 0.1) is 3.79 Å². The zero-order valence-corrected chi connectivity index (χ0v) is 15.6. The highest BCUT2D eigenvalue weighted by molar-refractivity contribution is 9.11. The van der Waals surface area contributed by atoms with Crippen LogP contribution in [0.4, 0.5) is 0 Å². The lowest BCUT2D eigenvalue weighted by molar-refractivity contribution is -0.225. The highest BCUT2D eigenvalue weighted by Gasteiger charge is 2.64. The Bertz CT molecular complexity index is 569. The van der Waals surface area contributed by atoms with E-state index < -0.39 is 0 Å². The van der Waals surface area contributed by atoms with Crippen LogP contribution in [0.15, 0.2) is 15.9 Å². The second kappa shape index (κ2) is 4.81. The second-order valence-electron chi connectivity index (χ2n) is 8.03. The predicted octanol–water partition coefficient (Wildman–Crippen LogP) is 4.64. The van der Waals surface area contributed by atoms with Crippen molar-refractivity contribution < 1.29 is 4.74 Å². The highest BCUT2D eigenvalue weighted by Crippen LogP contribution is 2.63. The van der Waals surface area contributed by atoms with Crippen LogP contribution in [0, 0.1) is 17.8 Å². The first kappa shape index (κ1) is 14.4. The standard InChI is InChI=1S/C18H24BrNOS/c1-21-18(15-5-6-16(19)22-15)13-3-2-4-14(18)11-20(10-13)17-7-12(8-17)9-17/h5-6,12-14H,2-4,7-11H2,1H3. The third kappa shape index (κ3) is 1.73. The molecule has 22 heavy (non-hydrogen) atoms. The fraction of sp³-hybridized carbons (Fsp3) is 0.778. The number of ether oxygens (including phenoxy) is 1. The monoisotopic (exact) mass is 381 g/mol. The quantitative estimate of drug-likeness (QED) is 0.755. The zero-order chi connectivity index (χ0) is 14.9. The van der Waals surface area contributed by atoms with Crippen LogP contribution < -0.4 is 0 Å². The minimum absolute atomic E-state index is 0.0189. The molecule has 4 aliphatic carbocycles. The lowest BCUT2D eigenvalue weighted by Gasteiger charge is -2.70. The van der Waals surface area contributed by atoms with Crippen molar-refractivity contribution >= 4 is 27.3 Å². The summed E-state index contributed by atoms with van der Waals surface area (Å²) in [6.07, 6.45) is 8.49. The molecule has 4 heteroatoms. The highest BCUT2D eigenvalue weighted by atomic mass is 79.9. The first-order valence-corrected chi connectivity index (χ1v) is 10.3. The number of hydrogen-bond donors (Lipinski definition) is 0. The van der Waals surface area contributed by atoms with E-state index in [0.717, 1.165) is 5.92 Å². The molecule has 1 saturated heterocycles. The minimum Gasteiger partial charge on any atom is -0.372 e. The zero-order valence-electron chi connectivity index (χ0n) is 13.2. The third-order valence-corrected chi connectivity index (χ3v) is 8.93. The molecular weight excluding hydrogens is 358 g/mol. The SMILES string of the molecule is COC1(c2ccc(Br)s2)C2CCCC1CN(C13CC(C1)C3)C2. The van der Waals surface area contributed by atoms with Crippen LogP contribution in [0.5, 0.6) is 0 Å². The largest absolute Gasteiger partial charge is 0.372 e. The Balaban J connectivity index is 1.50.